The summed E-state index contributed by atoms with van der Waals surface area (Å²) in [4.78, 5) is 0. The summed E-state index contributed by atoms with van der Waals surface area (Å²) in [6, 6.07) is 24.7. The SMILES string of the molecule is CCC(O)c1ccc(P(c2ccccc2)c2ccccc2)o1. The van der Waals surface area contributed by atoms with Crippen LogP contribution in [0.3, 0.4) is 0 Å². The molecule has 0 spiro atoms. The fourth-order valence-electron chi connectivity index (χ4n) is 2.40. The molecular weight excluding hydrogens is 291 g/mol. The molecule has 0 aliphatic rings. The van der Waals surface area contributed by atoms with Crippen LogP contribution in [0, 0.1) is 0 Å². The number of hydrogen-bond acceptors (Lipinski definition) is 2. The number of furan rings is 1. The zero-order valence-corrected chi connectivity index (χ0v) is 13.4. The summed E-state index contributed by atoms with van der Waals surface area (Å²) in [6.07, 6.45) is 0.124. The molecule has 0 bridgehead atoms. The summed E-state index contributed by atoms with van der Waals surface area (Å²) >= 11 is 0. The third-order valence-corrected chi connectivity index (χ3v) is 5.89. The van der Waals surface area contributed by atoms with Crippen molar-refractivity contribution < 1.29 is 9.52 Å². The van der Waals surface area contributed by atoms with Gasteiger partial charge in [0.05, 0.1) is 0 Å². The Labute approximate surface area is 132 Å². The van der Waals surface area contributed by atoms with Crippen LogP contribution in [0.2, 0.25) is 0 Å². The van der Waals surface area contributed by atoms with Gasteiger partial charge in [0.15, 0.2) is 0 Å². The van der Waals surface area contributed by atoms with Gasteiger partial charge in [0.1, 0.15) is 17.4 Å². The van der Waals surface area contributed by atoms with E-state index < -0.39 is 14.0 Å². The minimum Gasteiger partial charge on any atom is -0.458 e. The minimum absolute atomic E-state index is 0.530. The van der Waals surface area contributed by atoms with E-state index in [-0.39, 0.29) is 0 Å². The van der Waals surface area contributed by atoms with Crippen LogP contribution in [0.15, 0.2) is 77.2 Å². The Bertz CT molecular complexity index is 667. The zero-order chi connectivity index (χ0) is 15.4. The predicted octanol–water partition coefficient (Wildman–Crippen LogP) is 3.48. The largest absolute Gasteiger partial charge is 0.458 e. The van der Waals surface area contributed by atoms with E-state index in [1.165, 1.54) is 10.6 Å². The average Bonchev–Trinajstić information content (AvgIpc) is 3.06. The van der Waals surface area contributed by atoms with Crippen LogP contribution in [-0.4, -0.2) is 5.11 Å². The molecule has 2 aromatic carbocycles. The molecule has 0 saturated carbocycles. The summed E-state index contributed by atoms with van der Waals surface area (Å²) < 4.78 is 5.99. The molecule has 22 heavy (non-hydrogen) atoms. The lowest BCUT2D eigenvalue weighted by Crippen LogP contribution is -2.19. The van der Waals surface area contributed by atoms with Crippen molar-refractivity contribution in [3.8, 4) is 0 Å². The topological polar surface area (TPSA) is 33.4 Å². The first-order valence-electron chi connectivity index (χ1n) is 7.47. The normalized spacial score (nSPS) is 12.5. The Kier molecular flexibility index (Phi) is 4.72. The fourth-order valence-corrected chi connectivity index (χ4v) is 4.57. The van der Waals surface area contributed by atoms with Crippen molar-refractivity contribution in [2.24, 2.45) is 0 Å². The Morgan fingerprint density at radius 2 is 1.41 bits per heavy atom. The third-order valence-electron chi connectivity index (χ3n) is 3.58. The number of rotatable bonds is 5. The van der Waals surface area contributed by atoms with E-state index in [0.717, 1.165) is 5.50 Å². The molecule has 0 aliphatic heterocycles. The van der Waals surface area contributed by atoms with Crippen molar-refractivity contribution in [1.82, 2.24) is 0 Å². The van der Waals surface area contributed by atoms with Gasteiger partial charge in [-0.05, 0) is 29.2 Å². The number of hydrogen-bond donors (Lipinski definition) is 1. The number of benzene rings is 2. The Morgan fingerprint density at radius 1 is 0.864 bits per heavy atom. The molecule has 3 heteroatoms. The highest BCUT2D eigenvalue weighted by Gasteiger charge is 2.21. The summed E-state index contributed by atoms with van der Waals surface area (Å²) in [6.45, 7) is 1.95. The van der Waals surface area contributed by atoms with Crippen LogP contribution < -0.4 is 16.1 Å². The molecule has 112 valence electrons. The molecule has 1 unspecified atom stereocenters. The molecule has 2 nitrogen and oxygen atoms in total. The zero-order valence-electron chi connectivity index (χ0n) is 12.5. The van der Waals surface area contributed by atoms with Gasteiger partial charge in [0.25, 0.3) is 0 Å². The van der Waals surface area contributed by atoms with Crippen LogP contribution in [-0.2, 0) is 0 Å². The van der Waals surface area contributed by atoms with Crippen molar-refractivity contribution in [2.75, 3.05) is 0 Å². The van der Waals surface area contributed by atoms with Crippen molar-refractivity contribution in [3.05, 3.63) is 78.6 Å². The summed E-state index contributed by atoms with van der Waals surface area (Å²) in [5.74, 6) is 0.650. The molecule has 0 aliphatic carbocycles. The monoisotopic (exact) mass is 310 g/mol. The molecule has 0 fully saturated rings. The lowest BCUT2D eigenvalue weighted by molar-refractivity contribution is 0.147. The third kappa shape index (κ3) is 3.14. The molecule has 0 radical (unpaired) electrons. The lowest BCUT2D eigenvalue weighted by Gasteiger charge is -2.16. The van der Waals surface area contributed by atoms with E-state index >= 15 is 0 Å². The van der Waals surface area contributed by atoms with Crippen LogP contribution in [0.5, 0.6) is 0 Å². The highest BCUT2D eigenvalue weighted by atomic mass is 31.1. The van der Waals surface area contributed by atoms with Crippen molar-refractivity contribution in [1.29, 1.82) is 0 Å². The van der Waals surface area contributed by atoms with Gasteiger partial charge in [0.2, 0.25) is 0 Å². The Hall–Kier alpha value is -1.89. The Morgan fingerprint density at radius 3 is 1.91 bits per heavy atom. The molecule has 0 amide bonds. The van der Waals surface area contributed by atoms with Crippen molar-refractivity contribution in [2.45, 2.75) is 19.4 Å². The molecule has 1 N–H and O–H groups in total. The predicted molar refractivity (Wildman–Crippen MR) is 92.7 cm³/mol. The van der Waals surface area contributed by atoms with Gasteiger partial charge in [-0.15, -0.1) is 0 Å². The van der Waals surface area contributed by atoms with E-state index in [4.69, 9.17) is 4.42 Å². The summed E-state index contributed by atoms with van der Waals surface area (Å²) in [5.41, 5.74) is 0.926. The molecular formula is C19H19O2P. The first kappa shape index (κ1) is 15.0. The van der Waals surface area contributed by atoms with Gasteiger partial charge in [-0.25, -0.2) is 0 Å². The van der Waals surface area contributed by atoms with E-state index in [1.54, 1.807) is 0 Å². The van der Waals surface area contributed by atoms with E-state index in [2.05, 4.69) is 48.5 Å². The van der Waals surface area contributed by atoms with Crippen LogP contribution in [0.25, 0.3) is 0 Å². The summed E-state index contributed by atoms with van der Waals surface area (Å²) in [7, 11) is -0.733. The second-order valence-electron chi connectivity index (χ2n) is 5.11. The quantitative estimate of drug-likeness (QED) is 0.732. The first-order valence-corrected chi connectivity index (χ1v) is 8.81. The highest BCUT2D eigenvalue weighted by molar-refractivity contribution is 7.79. The van der Waals surface area contributed by atoms with Gasteiger partial charge in [-0.2, -0.15) is 0 Å². The minimum atomic E-state index is -0.733. The fraction of sp³-hybridized carbons (Fsp3) is 0.158. The average molecular weight is 310 g/mol. The maximum absolute atomic E-state index is 9.98. The van der Waals surface area contributed by atoms with Crippen LogP contribution >= 0.6 is 7.92 Å². The maximum atomic E-state index is 9.98. The molecule has 1 atom stereocenters. The van der Waals surface area contributed by atoms with Gasteiger partial charge < -0.3 is 9.52 Å². The smallest absolute Gasteiger partial charge is 0.134 e. The van der Waals surface area contributed by atoms with Gasteiger partial charge in [0, 0.05) is 7.92 Å². The van der Waals surface area contributed by atoms with E-state index in [0.29, 0.717) is 12.2 Å². The highest BCUT2D eigenvalue weighted by Crippen LogP contribution is 2.34. The van der Waals surface area contributed by atoms with Crippen molar-refractivity contribution in [3.63, 3.8) is 0 Å². The molecule has 0 saturated heterocycles. The Balaban J connectivity index is 2.04. The molecule has 1 aromatic heterocycles. The number of aliphatic hydroxyl groups is 1. The van der Waals surface area contributed by atoms with E-state index in [1.807, 2.05) is 31.2 Å². The summed E-state index contributed by atoms with van der Waals surface area (Å²) in [5, 5.41) is 12.5. The number of aliphatic hydroxyl groups excluding tert-OH is 1. The van der Waals surface area contributed by atoms with Crippen LogP contribution in [0.4, 0.5) is 0 Å². The van der Waals surface area contributed by atoms with Gasteiger partial charge in [-0.3, -0.25) is 0 Å². The van der Waals surface area contributed by atoms with Gasteiger partial charge in [-0.1, -0.05) is 67.6 Å². The maximum Gasteiger partial charge on any atom is 0.134 e. The molecule has 3 aromatic rings. The second kappa shape index (κ2) is 6.91. The molecule has 3 rings (SSSR count). The first-order chi connectivity index (χ1) is 10.8. The second-order valence-corrected chi connectivity index (χ2v) is 7.25. The van der Waals surface area contributed by atoms with Crippen LogP contribution in [0.1, 0.15) is 25.2 Å². The lowest BCUT2D eigenvalue weighted by atomic mass is 10.2. The van der Waals surface area contributed by atoms with E-state index in [9.17, 15) is 5.11 Å². The molecule has 1 heterocycles. The van der Waals surface area contributed by atoms with Crippen molar-refractivity contribution >= 4 is 24.0 Å². The standard InChI is InChI=1S/C19H19O2P/c1-2-17(20)18-13-14-19(21-18)22(15-9-5-3-6-10-15)16-11-7-4-8-12-16/h3-14,17,20H,2H2,1H3. The van der Waals surface area contributed by atoms with Gasteiger partial charge >= 0.3 is 0 Å².